The van der Waals surface area contributed by atoms with E-state index in [-0.39, 0.29) is 42.0 Å². The Morgan fingerprint density at radius 2 is 2.27 bits per heavy atom. The first kappa shape index (κ1) is 10.3. The van der Waals surface area contributed by atoms with Crippen LogP contribution >= 0.6 is 0 Å². The first-order chi connectivity index (χ1) is 12.1. The van der Waals surface area contributed by atoms with Gasteiger partial charge in [0.05, 0.1) is 2.74 Å². The van der Waals surface area contributed by atoms with Crippen molar-refractivity contribution in [2.24, 2.45) is 17.3 Å². The Bertz CT molecular complexity index is 830. The molecule has 0 amide bonds. The molecule has 4 rings (SSSR count). The molecule has 0 spiro atoms. The highest BCUT2D eigenvalue weighted by Gasteiger charge is 2.61. The second-order valence-corrected chi connectivity index (χ2v) is 7.30. The maximum Gasteiger partial charge on any atom is 0.130 e. The molecule has 0 aromatic heterocycles. The second kappa shape index (κ2) is 4.52. The second-order valence-electron chi connectivity index (χ2n) is 7.30. The van der Waals surface area contributed by atoms with Crippen molar-refractivity contribution >= 4 is 0 Å². The van der Waals surface area contributed by atoms with Gasteiger partial charge in [-0.25, -0.2) is 0 Å². The largest absolute Gasteiger partial charge is 0.508 e. The predicted octanol–water partition coefficient (Wildman–Crippen LogP) is 3.61. The van der Waals surface area contributed by atoms with Crippen LogP contribution in [-0.2, 0) is 6.42 Å². The molecule has 1 aromatic rings. The highest BCUT2D eigenvalue weighted by molar-refractivity contribution is 5.40. The van der Waals surface area contributed by atoms with Crippen LogP contribution in [-0.4, -0.2) is 15.8 Å². The third-order valence-electron chi connectivity index (χ3n) is 6.55. The fourth-order valence-electron chi connectivity index (χ4n) is 5.23. The summed E-state index contributed by atoms with van der Waals surface area (Å²) in [7, 11) is 0. The van der Waals surface area contributed by atoms with E-state index in [4.69, 9.17) is 11.9 Å². The van der Waals surface area contributed by atoms with Crippen LogP contribution < -0.4 is 0 Å². The Kier molecular flexibility index (Phi) is 2.13. The van der Waals surface area contributed by atoms with Crippen LogP contribution in [0.3, 0.4) is 0 Å². The number of fused-ring (bicyclic) bond motifs is 5. The lowest BCUT2D eigenvalue weighted by Crippen LogP contribution is -2.50. The van der Waals surface area contributed by atoms with Crippen LogP contribution in [0.4, 0.5) is 0 Å². The summed E-state index contributed by atoms with van der Waals surface area (Å²) in [5.41, 5.74) is -0.676. The Morgan fingerprint density at radius 3 is 3.05 bits per heavy atom. The molecule has 2 heteroatoms. The minimum Gasteiger partial charge on any atom is -0.508 e. The van der Waals surface area contributed by atoms with Crippen molar-refractivity contribution in [1.29, 1.82) is 0 Å². The van der Waals surface area contributed by atoms with Crippen molar-refractivity contribution in [3.63, 3.8) is 0 Å². The smallest absolute Gasteiger partial charge is 0.130 e. The summed E-state index contributed by atoms with van der Waals surface area (Å²) in [5, 5.41) is 21.0. The third-order valence-corrected chi connectivity index (χ3v) is 6.55. The number of terminal acetylenes is 1. The van der Waals surface area contributed by atoms with Gasteiger partial charge in [-0.2, -0.15) is 0 Å². The molecule has 1 aromatic carbocycles. The van der Waals surface area contributed by atoms with Crippen LogP contribution in [0.15, 0.2) is 18.2 Å². The molecule has 0 aliphatic heterocycles. The molecule has 0 radical (unpaired) electrons. The molecule has 2 saturated carbocycles. The predicted molar refractivity (Wildman–Crippen MR) is 86.5 cm³/mol. The number of phenolic OH excluding ortho intramolecular Hbond substituents is 1. The lowest BCUT2D eigenvalue weighted by molar-refractivity contribution is -0.0646. The Morgan fingerprint density at radius 1 is 1.45 bits per heavy atom. The highest BCUT2D eigenvalue weighted by atomic mass is 16.3. The van der Waals surface area contributed by atoms with Gasteiger partial charge < -0.3 is 10.2 Å². The molecule has 2 nitrogen and oxygen atoms in total. The van der Waals surface area contributed by atoms with E-state index in [9.17, 15) is 10.2 Å². The molecule has 0 bridgehead atoms. The van der Waals surface area contributed by atoms with Gasteiger partial charge in [-0.3, -0.25) is 0 Å². The Balaban J connectivity index is 1.80. The number of hydrogen-bond acceptors (Lipinski definition) is 2. The van der Waals surface area contributed by atoms with Gasteiger partial charge in [-0.15, -0.1) is 6.42 Å². The summed E-state index contributed by atoms with van der Waals surface area (Å²) in [6, 6.07) is 1.71. The molecule has 2 N–H and O–H groups in total. The van der Waals surface area contributed by atoms with Gasteiger partial charge in [0.2, 0.25) is 0 Å². The average molecular weight is 300 g/mol. The molecule has 0 saturated heterocycles. The molecule has 0 heterocycles. The van der Waals surface area contributed by atoms with Crippen LogP contribution in [0.25, 0.3) is 0 Å². The van der Waals surface area contributed by atoms with Crippen LogP contribution in [0, 0.1) is 29.6 Å². The standard InChI is InChI=1S/C20H24O2/c1-3-20(22)11-9-18-17-6-4-13-12-14(21)5-7-15(13)16(17)8-10-19(18,20)2/h1,5,7,12,16-18,21-22H,4,6,8-11H2,2H3/t16-,17-,18+,19+,20+/m0/s1/i5D,11D2,12D. The minimum atomic E-state index is -1.83. The normalized spacial score (nSPS) is 47.8. The van der Waals surface area contributed by atoms with E-state index in [0.717, 1.165) is 24.0 Å². The number of rotatable bonds is 0. The fraction of sp³-hybridized carbons (Fsp3) is 0.600. The first-order valence-electron chi connectivity index (χ1n) is 10.1. The highest BCUT2D eigenvalue weighted by Crippen LogP contribution is 2.64. The Hall–Kier alpha value is -1.46. The maximum absolute atomic E-state index is 11.1. The summed E-state index contributed by atoms with van der Waals surface area (Å²) < 4.78 is 32.9. The van der Waals surface area contributed by atoms with E-state index in [1.54, 1.807) is 6.07 Å². The first-order valence-corrected chi connectivity index (χ1v) is 8.09. The number of phenols is 1. The minimum absolute atomic E-state index is 0.0235. The van der Waals surface area contributed by atoms with Gasteiger partial charge in [-0.05, 0) is 79.4 Å². The number of benzene rings is 1. The Labute approximate surface area is 138 Å². The van der Waals surface area contributed by atoms with Gasteiger partial charge in [0, 0.05) is 8.16 Å². The maximum atomic E-state index is 11.1. The van der Waals surface area contributed by atoms with Gasteiger partial charge in [0.25, 0.3) is 0 Å². The molecule has 22 heavy (non-hydrogen) atoms. The SMILES string of the molecule is [2H]c1cc2c(c([2H])c1O)CC[C@@H]1[C@H]3CC([2H])([2H])[C@](O)(C#C)[C@]3(C)CC[C@@H]21. The number of aromatic hydroxyl groups is 1. The van der Waals surface area contributed by atoms with E-state index in [0.29, 0.717) is 12.8 Å². The monoisotopic (exact) mass is 300 g/mol. The summed E-state index contributed by atoms with van der Waals surface area (Å²) >= 11 is 0. The van der Waals surface area contributed by atoms with Crippen molar-refractivity contribution < 1.29 is 15.7 Å². The molecule has 116 valence electrons. The topological polar surface area (TPSA) is 40.5 Å². The zero-order valence-electron chi connectivity index (χ0n) is 16.8. The van der Waals surface area contributed by atoms with Crippen molar-refractivity contribution in [3.8, 4) is 18.1 Å². The summed E-state index contributed by atoms with van der Waals surface area (Å²) in [4.78, 5) is 0. The van der Waals surface area contributed by atoms with Crippen molar-refractivity contribution in [2.75, 3.05) is 0 Å². The molecular formula is C20H24O2. The van der Waals surface area contributed by atoms with Crippen molar-refractivity contribution in [2.45, 2.75) is 56.9 Å². The van der Waals surface area contributed by atoms with E-state index in [1.165, 1.54) is 0 Å². The van der Waals surface area contributed by atoms with Crippen molar-refractivity contribution in [3.05, 3.63) is 29.3 Å². The number of aliphatic hydroxyl groups is 1. The molecular weight excluding hydrogens is 272 g/mol. The summed E-state index contributed by atoms with van der Waals surface area (Å²) in [6.45, 7) is 1.93. The van der Waals surface area contributed by atoms with E-state index in [2.05, 4.69) is 5.92 Å². The lowest BCUT2D eigenvalue weighted by Gasteiger charge is -2.52. The molecule has 5 atom stereocenters. The van der Waals surface area contributed by atoms with E-state index >= 15 is 0 Å². The fourth-order valence-corrected chi connectivity index (χ4v) is 5.23. The molecule has 3 aliphatic carbocycles. The van der Waals surface area contributed by atoms with E-state index < -0.39 is 17.4 Å². The van der Waals surface area contributed by atoms with Crippen LogP contribution in [0.1, 0.15) is 61.5 Å². The van der Waals surface area contributed by atoms with Gasteiger partial charge in [0.15, 0.2) is 0 Å². The molecule has 0 unspecified atom stereocenters. The van der Waals surface area contributed by atoms with Gasteiger partial charge >= 0.3 is 0 Å². The van der Waals surface area contributed by atoms with Gasteiger partial charge in [-0.1, -0.05) is 18.9 Å². The zero-order chi connectivity index (χ0) is 19.1. The molecule has 2 fully saturated rings. The lowest BCUT2D eigenvalue weighted by atomic mass is 9.53. The van der Waals surface area contributed by atoms with Crippen LogP contribution in [0.5, 0.6) is 5.75 Å². The van der Waals surface area contributed by atoms with Crippen molar-refractivity contribution in [1.82, 2.24) is 0 Å². The number of hydrogen-bond donors (Lipinski definition) is 2. The third kappa shape index (κ3) is 1.66. The van der Waals surface area contributed by atoms with Gasteiger partial charge in [0.1, 0.15) is 11.4 Å². The quantitative estimate of drug-likeness (QED) is 0.719. The zero-order valence-corrected chi connectivity index (χ0v) is 12.8. The molecule has 3 aliphatic rings. The van der Waals surface area contributed by atoms with Crippen LogP contribution in [0.2, 0.25) is 0 Å². The summed E-state index contributed by atoms with van der Waals surface area (Å²) in [6.07, 6.45) is 6.81. The average Bonchev–Trinajstić information content (AvgIpc) is 2.76. The van der Waals surface area contributed by atoms with E-state index in [1.807, 2.05) is 6.92 Å². The summed E-state index contributed by atoms with van der Waals surface area (Å²) in [5.74, 6) is 2.39.